The van der Waals surface area contributed by atoms with Gasteiger partial charge in [0.2, 0.25) is 0 Å². The summed E-state index contributed by atoms with van der Waals surface area (Å²) >= 11 is 6.05. The molecule has 0 saturated heterocycles. The molecule has 1 aliphatic rings. The lowest BCUT2D eigenvalue weighted by Crippen LogP contribution is -2.32. The molecule has 0 heterocycles. The lowest BCUT2D eigenvalue weighted by Gasteiger charge is -2.29. The third kappa shape index (κ3) is 3.43. The first-order valence-electron chi connectivity index (χ1n) is 6.30. The summed E-state index contributed by atoms with van der Waals surface area (Å²) in [7, 11) is 1.99. The Balaban J connectivity index is 1.96. The molecule has 1 aliphatic carbocycles. The standard InChI is InChI=1S/C14H19ClFN/c1-17-13(7-10-3-2-4-10)8-11-5-6-12(16)9-14(11)15/h5-6,9-10,13,17H,2-4,7-8H2,1H3. The molecule has 0 radical (unpaired) electrons. The first kappa shape index (κ1) is 12.8. The molecule has 2 rings (SSSR count). The van der Waals surface area contributed by atoms with E-state index in [1.54, 1.807) is 6.07 Å². The van der Waals surface area contributed by atoms with Crippen molar-refractivity contribution in [3.8, 4) is 0 Å². The number of halogens is 2. The summed E-state index contributed by atoms with van der Waals surface area (Å²) < 4.78 is 12.9. The molecule has 94 valence electrons. The van der Waals surface area contributed by atoms with E-state index in [-0.39, 0.29) is 5.82 Å². The van der Waals surface area contributed by atoms with Crippen LogP contribution in [-0.2, 0) is 6.42 Å². The van der Waals surface area contributed by atoms with Gasteiger partial charge in [-0.05, 0) is 43.5 Å². The van der Waals surface area contributed by atoms with E-state index in [1.807, 2.05) is 7.05 Å². The number of nitrogens with one attached hydrogen (secondary N) is 1. The smallest absolute Gasteiger partial charge is 0.124 e. The number of likely N-dealkylation sites (N-methyl/N-ethyl adjacent to an activating group) is 1. The highest BCUT2D eigenvalue weighted by atomic mass is 35.5. The predicted molar refractivity (Wildman–Crippen MR) is 69.9 cm³/mol. The van der Waals surface area contributed by atoms with Crippen LogP contribution in [0.1, 0.15) is 31.2 Å². The van der Waals surface area contributed by atoms with Crippen LogP contribution >= 0.6 is 11.6 Å². The Labute approximate surface area is 107 Å². The van der Waals surface area contributed by atoms with E-state index < -0.39 is 0 Å². The largest absolute Gasteiger partial charge is 0.317 e. The second-order valence-electron chi connectivity index (χ2n) is 4.96. The third-order valence-electron chi connectivity index (χ3n) is 3.73. The minimum Gasteiger partial charge on any atom is -0.317 e. The van der Waals surface area contributed by atoms with Crippen molar-refractivity contribution in [2.45, 2.75) is 38.1 Å². The van der Waals surface area contributed by atoms with E-state index >= 15 is 0 Å². The van der Waals surface area contributed by atoms with Gasteiger partial charge in [-0.3, -0.25) is 0 Å². The molecule has 17 heavy (non-hydrogen) atoms. The molecule has 0 aromatic heterocycles. The molecular formula is C14H19ClFN. The average molecular weight is 256 g/mol. The fourth-order valence-electron chi connectivity index (χ4n) is 2.39. The van der Waals surface area contributed by atoms with Gasteiger partial charge in [0.05, 0.1) is 0 Å². The van der Waals surface area contributed by atoms with E-state index in [9.17, 15) is 4.39 Å². The van der Waals surface area contributed by atoms with Gasteiger partial charge < -0.3 is 5.32 Å². The molecular weight excluding hydrogens is 237 g/mol. The monoisotopic (exact) mass is 255 g/mol. The highest BCUT2D eigenvalue weighted by molar-refractivity contribution is 6.31. The molecule has 1 atom stereocenters. The van der Waals surface area contributed by atoms with Crippen LogP contribution in [0.3, 0.4) is 0 Å². The third-order valence-corrected chi connectivity index (χ3v) is 4.08. The van der Waals surface area contributed by atoms with Gasteiger partial charge in [0.25, 0.3) is 0 Å². The lowest BCUT2D eigenvalue weighted by molar-refractivity contribution is 0.263. The lowest BCUT2D eigenvalue weighted by atomic mass is 9.80. The quantitative estimate of drug-likeness (QED) is 0.844. The fourth-order valence-corrected chi connectivity index (χ4v) is 2.63. The Morgan fingerprint density at radius 2 is 2.24 bits per heavy atom. The number of benzene rings is 1. The van der Waals surface area contributed by atoms with Gasteiger partial charge in [0.15, 0.2) is 0 Å². The summed E-state index contributed by atoms with van der Waals surface area (Å²) in [5, 5.41) is 3.88. The van der Waals surface area contributed by atoms with Crippen molar-refractivity contribution in [3.05, 3.63) is 34.6 Å². The van der Waals surface area contributed by atoms with Crippen molar-refractivity contribution < 1.29 is 4.39 Å². The van der Waals surface area contributed by atoms with Crippen LogP contribution < -0.4 is 5.32 Å². The van der Waals surface area contributed by atoms with Gasteiger partial charge in [-0.25, -0.2) is 4.39 Å². The molecule has 0 bridgehead atoms. The van der Waals surface area contributed by atoms with Gasteiger partial charge in [-0.1, -0.05) is 36.9 Å². The van der Waals surface area contributed by atoms with Crippen molar-refractivity contribution in [2.75, 3.05) is 7.05 Å². The molecule has 1 nitrogen and oxygen atoms in total. The van der Waals surface area contributed by atoms with Crippen LogP contribution in [0.4, 0.5) is 4.39 Å². The summed E-state index contributed by atoms with van der Waals surface area (Å²) in [6.07, 6.45) is 6.17. The maximum atomic E-state index is 12.9. The van der Waals surface area contributed by atoms with Gasteiger partial charge in [-0.15, -0.1) is 0 Å². The highest BCUT2D eigenvalue weighted by Crippen LogP contribution is 2.31. The number of rotatable bonds is 5. The Bertz CT molecular complexity index is 376. The second kappa shape index (κ2) is 5.83. The fraction of sp³-hybridized carbons (Fsp3) is 0.571. The maximum absolute atomic E-state index is 12.9. The Kier molecular flexibility index (Phi) is 4.41. The van der Waals surface area contributed by atoms with Gasteiger partial charge in [-0.2, -0.15) is 0 Å². The molecule has 3 heteroatoms. The zero-order valence-corrected chi connectivity index (χ0v) is 10.9. The summed E-state index contributed by atoms with van der Waals surface area (Å²) in [5.41, 5.74) is 1.03. The average Bonchev–Trinajstić information content (AvgIpc) is 2.24. The molecule has 1 N–H and O–H groups in total. The minimum atomic E-state index is -0.265. The molecule has 1 unspecified atom stereocenters. The van der Waals surface area contributed by atoms with Crippen molar-refractivity contribution >= 4 is 11.6 Å². The zero-order chi connectivity index (χ0) is 12.3. The van der Waals surface area contributed by atoms with Crippen molar-refractivity contribution in [2.24, 2.45) is 5.92 Å². The van der Waals surface area contributed by atoms with Crippen LogP contribution in [0, 0.1) is 11.7 Å². The molecule has 1 fully saturated rings. The van der Waals surface area contributed by atoms with Crippen LogP contribution in [-0.4, -0.2) is 13.1 Å². The molecule has 0 spiro atoms. The van der Waals surface area contributed by atoms with Gasteiger partial charge >= 0.3 is 0 Å². The van der Waals surface area contributed by atoms with Crippen molar-refractivity contribution in [1.29, 1.82) is 0 Å². The molecule has 1 aromatic carbocycles. The van der Waals surface area contributed by atoms with Crippen LogP contribution in [0.5, 0.6) is 0 Å². The number of hydrogen-bond donors (Lipinski definition) is 1. The van der Waals surface area contributed by atoms with Gasteiger partial charge in [0.1, 0.15) is 5.82 Å². The van der Waals surface area contributed by atoms with E-state index in [2.05, 4.69) is 5.32 Å². The predicted octanol–water partition coefficient (Wildman–Crippen LogP) is 3.80. The number of hydrogen-bond acceptors (Lipinski definition) is 1. The van der Waals surface area contributed by atoms with Crippen LogP contribution in [0.15, 0.2) is 18.2 Å². The summed E-state index contributed by atoms with van der Waals surface area (Å²) in [5.74, 6) is 0.602. The molecule has 0 aliphatic heterocycles. The first-order chi connectivity index (χ1) is 8.19. The van der Waals surface area contributed by atoms with E-state index in [1.165, 1.54) is 37.8 Å². The summed E-state index contributed by atoms with van der Waals surface area (Å²) in [6.45, 7) is 0. The molecule has 1 saturated carbocycles. The van der Waals surface area contributed by atoms with E-state index in [4.69, 9.17) is 11.6 Å². The summed E-state index contributed by atoms with van der Waals surface area (Å²) in [4.78, 5) is 0. The second-order valence-corrected chi connectivity index (χ2v) is 5.37. The summed E-state index contributed by atoms with van der Waals surface area (Å²) in [6, 6.07) is 5.12. The first-order valence-corrected chi connectivity index (χ1v) is 6.68. The van der Waals surface area contributed by atoms with E-state index in [0.717, 1.165) is 17.9 Å². The molecule has 1 aromatic rings. The normalized spacial score (nSPS) is 17.8. The minimum absolute atomic E-state index is 0.265. The van der Waals surface area contributed by atoms with Crippen molar-refractivity contribution in [1.82, 2.24) is 5.32 Å². The van der Waals surface area contributed by atoms with Crippen LogP contribution in [0.25, 0.3) is 0 Å². The van der Waals surface area contributed by atoms with Gasteiger partial charge in [0, 0.05) is 11.1 Å². The SMILES string of the molecule is CNC(Cc1ccc(F)cc1Cl)CC1CCC1. The maximum Gasteiger partial charge on any atom is 0.124 e. The van der Waals surface area contributed by atoms with Crippen molar-refractivity contribution in [3.63, 3.8) is 0 Å². The highest BCUT2D eigenvalue weighted by Gasteiger charge is 2.21. The topological polar surface area (TPSA) is 12.0 Å². The van der Waals surface area contributed by atoms with Crippen LogP contribution in [0.2, 0.25) is 5.02 Å². The Morgan fingerprint density at radius 1 is 1.47 bits per heavy atom. The molecule has 0 amide bonds. The Hall–Kier alpha value is -0.600. The van der Waals surface area contributed by atoms with E-state index in [0.29, 0.717) is 11.1 Å². The zero-order valence-electron chi connectivity index (χ0n) is 10.2. The Morgan fingerprint density at radius 3 is 2.76 bits per heavy atom.